The van der Waals surface area contributed by atoms with Gasteiger partial charge in [-0.3, -0.25) is 38.7 Å². The van der Waals surface area contributed by atoms with E-state index >= 15 is 0 Å². The Hall–Kier alpha value is -11.9. The number of amides is 5. The minimum absolute atomic E-state index is 0.00788. The molecule has 10 aliphatic heterocycles. The van der Waals surface area contributed by atoms with Gasteiger partial charge in [0.05, 0.1) is 56.3 Å². The van der Waals surface area contributed by atoms with E-state index in [9.17, 15) is 65.5 Å². The zero-order chi connectivity index (χ0) is 106. The van der Waals surface area contributed by atoms with Crippen molar-refractivity contribution >= 4 is 117 Å². The molecule has 3 unspecified atom stereocenters. The lowest BCUT2D eigenvalue weighted by Gasteiger charge is -2.39. The molecule has 21 rings (SSSR count). The van der Waals surface area contributed by atoms with E-state index in [1.54, 1.807) is 57.6 Å². The molecule has 10 saturated heterocycles. The van der Waals surface area contributed by atoms with Gasteiger partial charge in [0, 0.05) is 221 Å². The van der Waals surface area contributed by atoms with Gasteiger partial charge in [0.15, 0.2) is 28.9 Å². The van der Waals surface area contributed by atoms with Gasteiger partial charge in [0.1, 0.15) is 34.3 Å². The zero-order valence-electron chi connectivity index (χ0n) is 85.3. The van der Waals surface area contributed by atoms with Crippen LogP contribution in [0.1, 0.15) is 216 Å². The summed E-state index contributed by atoms with van der Waals surface area (Å²) in [5.74, 6) is -0.267. The number of Topliss-reactive ketones (excluding diaryl/α,β-unsaturated/α-hetero) is 5. The van der Waals surface area contributed by atoms with Gasteiger partial charge >= 0.3 is 36.3 Å². The topological polar surface area (TPSA) is 320 Å². The molecule has 0 N–H and O–H groups in total. The molecule has 5 aromatic carbocycles. The van der Waals surface area contributed by atoms with E-state index in [1.807, 2.05) is 39.0 Å². The second-order valence-corrected chi connectivity index (χ2v) is 43.3. The van der Waals surface area contributed by atoms with Gasteiger partial charge < -0.3 is 48.5 Å². The summed E-state index contributed by atoms with van der Waals surface area (Å²) in [5, 5.41) is 22.5. The maximum atomic E-state index is 13.4. The number of hydrogen-bond acceptors (Lipinski definition) is 23. The lowest BCUT2D eigenvalue weighted by atomic mass is 9.78. The van der Waals surface area contributed by atoms with Crippen molar-refractivity contribution in [1.82, 2.24) is 88.1 Å². The van der Waals surface area contributed by atoms with E-state index in [4.69, 9.17) is 60.6 Å². The van der Waals surface area contributed by atoms with Crippen LogP contribution in [0.5, 0.6) is 0 Å². The standard InChI is InChI=1S/C25H32ClN5O2.C24H31N5O3.C22H24ClF3N4O2.C20H22ClN3O3.C18H19ClFN3O3/c1-19(32)23-4-10-31(27-23)24(33)30-12-6-25(7-13-30)5-11-28(18-25)17-20-14-21(26)16-22(15-20)29-8-2-3-9-29;1-17-3-4-19(13-23(17)29-20-5-6-21(29)16-32-15-20)14-26-9-11-27(12-10-26)24(31)28-8-7-22(25-28)18(2)30;1-15(31)19-4-8-30(27-19)20(32)29-10-6-21(7-11-29)5-9-28(14-21)13-16-12-17(23)2-3-18(16)22(24,25)26;1-13(25)19-6-7-24(22-19)20(26)23-10-15-8-17(9-16(15)11-23)27-12-14-4-2-3-5-18(14)21;1-12(24)17-4-7-23(21-17)18(25)22-5-2-16(3-6-22)26-11-13-8-14(19)10-15(20)9-13/h4,10,14-16H,2-3,5-9,11-13,17-18H2,1H3;3-4,7-8,13,20-21H,5-6,9-12,14-16H2,1-2H3;2-4,8,12H,5-7,9-11,13-14H2,1H3;2-7,15-17H,8-12H2,1H3;4,7-10,16H,2-3,5-6,11H2,1H3/t;;;15-,16+,17?;. The summed E-state index contributed by atoms with van der Waals surface area (Å²) >= 11 is 24.4. The van der Waals surface area contributed by atoms with Crippen LogP contribution in [0.3, 0.4) is 0 Å². The molecule has 10 aromatic rings. The lowest BCUT2D eigenvalue weighted by molar-refractivity contribution is -0.138. The molecule has 5 amide bonds. The molecule has 15 heterocycles. The van der Waals surface area contributed by atoms with E-state index in [1.165, 1.54) is 167 Å². The van der Waals surface area contributed by atoms with Crippen LogP contribution in [0, 0.1) is 35.4 Å². The first kappa shape index (κ1) is 109. The Morgan fingerprint density at radius 1 is 0.407 bits per heavy atom. The number of fused-ring (bicyclic) bond motifs is 3. The van der Waals surface area contributed by atoms with Crippen molar-refractivity contribution in [3.63, 3.8) is 0 Å². The van der Waals surface area contributed by atoms with Crippen molar-refractivity contribution in [2.75, 3.05) is 141 Å². The Morgan fingerprint density at radius 3 is 1.32 bits per heavy atom. The Labute approximate surface area is 889 Å². The molecular weight excluding hydrogens is 2020 g/mol. The summed E-state index contributed by atoms with van der Waals surface area (Å²) in [6, 6.07) is 36.9. The highest BCUT2D eigenvalue weighted by Crippen LogP contribution is 2.46. The number of carbonyl (C=O) groups excluding carboxylic acids is 10. The van der Waals surface area contributed by atoms with Crippen LogP contribution in [0.4, 0.5) is 52.9 Å². The normalized spacial score (nSPS) is 20.6. The third-order valence-corrected chi connectivity index (χ3v) is 32.0. The molecule has 2 bridgehead atoms. The van der Waals surface area contributed by atoms with Gasteiger partial charge in [0.25, 0.3) is 0 Å². The van der Waals surface area contributed by atoms with Crippen LogP contribution in [-0.2, 0) is 53.2 Å². The first-order chi connectivity index (χ1) is 71.9. The lowest BCUT2D eigenvalue weighted by Crippen LogP contribution is -2.49. The molecule has 11 aliphatic rings. The Balaban J connectivity index is 0.000000128. The van der Waals surface area contributed by atoms with E-state index in [2.05, 4.69) is 88.4 Å². The number of alkyl halides is 3. The molecule has 41 heteroatoms. The van der Waals surface area contributed by atoms with Crippen LogP contribution >= 0.6 is 46.4 Å². The van der Waals surface area contributed by atoms with E-state index in [-0.39, 0.29) is 118 Å². The number of morpholine rings is 1. The van der Waals surface area contributed by atoms with Crippen molar-refractivity contribution in [3.05, 3.63) is 252 Å². The highest BCUT2D eigenvalue weighted by Gasteiger charge is 2.47. The maximum Gasteiger partial charge on any atom is 0.416 e. The number of aryl methyl sites for hydroxylation is 1. The number of anilines is 2. The molecule has 5 aromatic heterocycles. The maximum absolute atomic E-state index is 13.4. The Kier molecular flexibility index (Phi) is 35.3. The van der Waals surface area contributed by atoms with Gasteiger partial charge in [0.2, 0.25) is 0 Å². The predicted molar refractivity (Wildman–Crippen MR) is 557 cm³/mol. The largest absolute Gasteiger partial charge is 0.416 e. The van der Waals surface area contributed by atoms with Gasteiger partial charge in [-0.1, -0.05) is 76.7 Å². The molecule has 11 fully saturated rings. The van der Waals surface area contributed by atoms with Crippen LogP contribution in [0.25, 0.3) is 0 Å². The zero-order valence-corrected chi connectivity index (χ0v) is 88.4. The first-order valence-electron chi connectivity index (χ1n) is 51.6. The highest BCUT2D eigenvalue weighted by atomic mass is 35.5. The summed E-state index contributed by atoms with van der Waals surface area (Å²) in [6.07, 6.45) is 17.3. The molecule has 0 radical (unpaired) electrons. The summed E-state index contributed by atoms with van der Waals surface area (Å²) in [5.41, 5.74) is 9.52. The number of halogens is 8. The number of piperidine rings is 3. The molecule has 2 spiro atoms. The second-order valence-electron chi connectivity index (χ2n) is 41.5. The number of piperazine rings is 1. The fraction of sp³-hybridized carbons (Fsp3) is 0.495. The SMILES string of the molecule is CC(=O)c1ccn(C(=O)N2CCC(OCc3cc(F)cc(Cl)c3)CC2)n1.CC(=O)c1ccn(C(=O)N2CCC3(CCN(Cc4cc(Cl)cc(N5CCCC5)c4)C3)CC2)n1.CC(=O)c1ccn(C(=O)N2CCC3(CCN(Cc4cc(Cl)ccc4C(F)(F)F)C3)CC2)n1.CC(=O)c1ccn(C(=O)N2CCN(Cc3ccc(C)c(N4C5CCC4COC5)c3)CC2)n1.CC(=O)c1ccn(C(=O)N2C[C@H]3CC(OCc4ccccc4Cl)C[C@H]3C2)n1. The monoisotopic (exact) mass is 2140 g/mol. The van der Waals surface area contributed by atoms with Gasteiger partial charge in [-0.25, -0.2) is 28.4 Å². The number of hydrogen-bond donors (Lipinski definition) is 0. The summed E-state index contributed by atoms with van der Waals surface area (Å²) in [7, 11) is 0. The van der Waals surface area contributed by atoms with E-state index in [0.717, 1.165) is 145 Å². The van der Waals surface area contributed by atoms with Crippen molar-refractivity contribution in [2.45, 2.75) is 195 Å². The molecule has 798 valence electrons. The number of benzene rings is 5. The van der Waals surface area contributed by atoms with Crippen molar-refractivity contribution in [1.29, 1.82) is 0 Å². The molecule has 33 nitrogen and oxygen atoms in total. The predicted octanol–water partition coefficient (Wildman–Crippen LogP) is 18.7. The number of ether oxygens (including phenoxy) is 3. The number of carbonyl (C=O) groups is 10. The molecule has 1 aliphatic carbocycles. The summed E-state index contributed by atoms with van der Waals surface area (Å²) in [4.78, 5) is 141. The van der Waals surface area contributed by atoms with Crippen LogP contribution in [0.2, 0.25) is 20.1 Å². The summed E-state index contributed by atoms with van der Waals surface area (Å²) in [6.45, 7) is 27.6. The molecule has 150 heavy (non-hydrogen) atoms. The molecular formula is C109H128Cl4F4N20O13. The Bertz CT molecular complexity index is 6500. The average molecular weight is 2140 g/mol. The van der Waals surface area contributed by atoms with E-state index in [0.29, 0.717) is 142 Å². The summed E-state index contributed by atoms with van der Waals surface area (Å²) < 4.78 is 77.4. The van der Waals surface area contributed by atoms with Crippen LogP contribution < -0.4 is 9.80 Å². The molecule has 1 saturated carbocycles. The van der Waals surface area contributed by atoms with Crippen LogP contribution in [-0.4, -0.2) is 302 Å². The Morgan fingerprint density at radius 2 is 0.847 bits per heavy atom. The average Bonchev–Trinajstić information content (AvgIpc) is 1.61. The van der Waals surface area contributed by atoms with Crippen molar-refractivity contribution in [3.8, 4) is 0 Å². The quantitative estimate of drug-likeness (QED) is 0.0536. The van der Waals surface area contributed by atoms with Gasteiger partial charge in [-0.05, 0) is 263 Å². The second kappa shape index (κ2) is 48.4. The first-order valence-corrected chi connectivity index (χ1v) is 53.1. The number of nitrogens with zero attached hydrogens (tertiary/aromatic N) is 20. The minimum Gasteiger partial charge on any atom is -0.377 e. The number of likely N-dealkylation sites (tertiary alicyclic amines) is 6. The number of ketones is 5. The van der Waals surface area contributed by atoms with Gasteiger partial charge in [-0.2, -0.15) is 62.1 Å². The molecule has 5 atom stereocenters. The highest BCUT2D eigenvalue weighted by molar-refractivity contribution is 6.32. The van der Waals surface area contributed by atoms with Crippen molar-refractivity contribution in [2.24, 2.45) is 22.7 Å². The number of rotatable bonds is 19. The minimum atomic E-state index is -4.42. The van der Waals surface area contributed by atoms with Gasteiger partial charge in [-0.15, -0.1) is 0 Å². The van der Waals surface area contributed by atoms with Crippen LogP contribution in [0.15, 0.2) is 158 Å². The fourth-order valence-corrected chi connectivity index (χ4v) is 23.4. The van der Waals surface area contributed by atoms with E-state index < -0.39 is 11.7 Å². The smallest absolute Gasteiger partial charge is 0.377 e. The van der Waals surface area contributed by atoms with Crippen molar-refractivity contribution < 1.29 is 79.7 Å². The third kappa shape index (κ3) is 27.2. The fourth-order valence-electron chi connectivity index (χ4n) is 22.5. The third-order valence-electron chi connectivity index (χ3n) is 30.9. The number of aromatic nitrogens is 10.